The number of para-hydroxylation sites is 3. The third-order valence-electron chi connectivity index (χ3n) is 6.55. The zero-order valence-corrected chi connectivity index (χ0v) is 23.0. The van der Waals surface area contributed by atoms with E-state index in [4.69, 9.17) is 0 Å². The standard InChI is InChI=1S/C22H18.C18H15N/c1-3-9-19(10-4-1)15-17-21-13-7-8-14-22(21)18-16-20-11-5-2-6-12-20;1-4-10-16(11-5-1)19(17-12-6-2-7-13-17)18-14-8-3-9-15-18/h1-18H;1-15H. The van der Waals surface area contributed by atoms with Gasteiger partial charge in [0.2, 0.25) is 0 Å². The Balaban J connectivity index is 0.000000166. The summed E-state index contributed by atoms with van der Waals surface area (Å²) in [6, 6.07) is 60.4. The Hall–Kier alpha value is -5.40. The minimum atomic E-state index is 1.17. The van der Waals surface area contributed by atoms with Crippen molar-refractivity contribution in [1.29, 1.82) is 0 Å². The number of hydrogen-bond acceptors (Lipinski definition) is 1. The molecule has 0 bridgehead atoms. The summed E-state index contributed by atoms with van der Waals surface area (Å²) in [5, 5.41) is 0. The average molecular weight is 528 g/mol. The van der Waals surface area contributed by atoms with Crippen molar-refractivity contribution in [2.24, 2.45) is 0 Å². The van der Waals surface area contributed by atoms with Crippen molar-refractivity contribution in [2.45, 2.75) is 0 Å². The summed E-state index contributed by atoms with van der Waals surface area (Å²) < 4.78 is 0. The van der Waals surface area contributed by atoms with Gasteiger partial charge in [-0.15, -0.1) is 0 Å². The highest BCUT2D eigenvalue weighted by Crippen LogP contribution is 2.33. The lowest BCUT2D eigenvalue weighted by atomic mass is 10.0. The largest absolute Gasteiger partial charge is 0.311 e. The first-order valence-corrected chi connectivity index (χ1v) is 13.9. The van der Waals surface area contributed by atoms with Crippen LogP contribution in [-0.4, -0.2) is 0 Å². The third-order valence-corrected chi connectivity index (χ3v) is 6.55. The minimum Gasteiger partial charge on any atom is -0.311 e. The van der Waals surface area contributed by atoms with E-state index in [0.717, 1.165) is 0 Å². The van der Waals surface area contributed by atoms with Gasteiger partial charge >= 0.3 is 0 Å². The van der Waals surface area contributed by atoms with Crippen LogP contribution in [0.25, 0.3) is 24.3 Å². The summed E-state index contributed by atoms with van der Waals surface area (Å²) >= 11 is 0. The van der Waals surface area contributed by atoms with Crippen LogP contribution in [0.3, 0.4) is 0 Å². The van der Waals surface area contributed by atoms with Crippen LogP contribution in [0.5, 0.6) is 0 Å². The second-order valence-corrected chi connectivity index (χ2v) is 9.46. The highest BCUT2D eigenvalue weighted by atomic mass is 15.1. The Kier molecular flexibility index (Phi) is 9.72. The molecule has 6 rings (SSSR count). The number of benzene rings is 6. The highest BCUT2D eigenvalue weighted by Gasteiger charge is 2.10. The van der Waals surface area contributed by atoms with Gasteiger partial charge in [0.25, 0.3) is 0 Å². The van der Waals surface area contributed by atoms with Gasteiger partial charge < -0.3 is 4.90 Å². The van der Waals surface area contributed by atoms with E-state index in [1.807, 2.05) is 30.3 Å². The minimum absolute atomic E-state index is 1.17. The highest BCUT2D eigenvalue weighted by molar-refractivity contribution is 5.79. The van der Waals surface area contributed by atoms with Crippen molar-refractivity contribution in [3.63, 3.8) is 0 Å². The van der Waals surface area contributed by atoms with Gasteiger partial charge in [0.1, 0.15) is 0 Å². The molecule has 198 valence electrons. The molecule has 0 fully saturated rings. The van der Waals surface area contributed by atoms with E-state index in [1.54, 1.807) is 0 Å². The van der Waals surface area contributed by atoms with Gasteiger partial charge in [0, 0.05) is 17.1 Å². The van der Waals surface area contributed by atoms with Crippen molar-refractivity contribution < 1.29 is 0 Å². The molecule has 0 atom stereocenters. The molecule has 0 N–H and O–H groups in total. The van der Waals surface area contributed by atoms with E-state index < -0.39 is 0 Å². The molecule has 6 aromatic carbocycles. The molecule has 1 nitrogen and oxygen atoms in total. The fourth-order valence-electron chi connectivity index (χ4n) is 4.49. The molecule has 0 aromatic heterocycles. The van der Waals surface area contributed by atoms with Gasteiger partial charge in [-0.3, -0.25) is 0 Å². The van der Waals surface area contributed by atoms with Gasteiger partial charge in [-0.05, 0) is 58.7 Å². The summed E-state index contributed by atoms with van der Waals surface area (Å²) in [4.78, 5) is 2.25. The Bertz CT molecular complexity index is 1480. The molecule has 0 unspecified atom stereocenters. The van der Waals surface area contributed by atoms with E-state index >= 15 is 0 Å². The summed E-state index contributed by atoms with van der Waals surface area (Å²) in [6.07, 6.45) is 8.63. The molecule has 0 radical (unpaired) electrons. The summed E-state index contributed by atoms with van der Waals surface area (Å²) in [6.45, 7) is 0. The maximum Gasteiger partial charge on any atom is 0.0461 e. The number of nitrogens with zero attached hydrogens (tertiary/aromatic N) is 1. The summed E-state index contributed by atoms with van der Waals surface area (Å²) in [5.74, 6) is 0. The predicted octanol–water partition coefficient (Wildman–Crippen LogP) is 11.2. The Morgan fingerprint density at radius 2 is 0.537 bits per heavy atom. The van der Waals surface area contributed by atoms with Crippen LogP contribution in [0.2, 0.25) is 0 Å². The fourth-order valence-corrected chi connectivity index (χ4v) is 4.49. The van der Waals surface area contributed by atoms with Crippen LogP contribution in [0, 0.1) is 0 Å². The van der Waals surface area contributed by atoms with E-state index in [0.29, 0.717) is 0 Å². The molecule has 0 spiro atoms. The predicted molar refractivity (Wildman–Crippen MR) is 178 cm³/mol. The Morgan fingerprint density at radius 1 is 0.268 bits per heavy atom. The molecule has 0 heterocycles. The SMILES string of the molecule is C(=Cc1ccccc1C=Cc1ccccc1)c1ccccc1.c1ccc(N(c2ccccc2)c2ccccc2)cc1. The summed E-state index contributed by atoms with van der Waals surface area (Å²) in [5.41, 5.74) is 8.37. The number of rotatable bonds is 7. The smallest absolute Gasteiger partial charge is 0.0461 e. The van der Waals surface area contributed by atoms with Gasteiger partial charge in [-0.1, -0.05) is 164 Å². The maximum absolute atomic E-state index is 2.25. The molecule has 6 aromatic rings. The molecule has 0 aliphatic heterocycles. The van der Waals surface area contributed by atoms with E-state index in [1.165, 1.54) is 39.3 Å². The Labute approximate surface area is 244 Å². The lowest BCUT2D eigenvalue weighted by molar-refractivity contribution is 1.28. The lowest BCUT2D eigenvalue weighted by Gasteiger charge is -2.25. The molecule has 1 heteroatoms. The third kappa shape index (κ3) is 8.05. The van der Waals surface area contributed by atoms with Crippen molar-refractivity contribution in [3.05, 3.63) is 198 Å². The summed E-state index contributed by atoms with van der Waals surface area (Å²) in [7, 11) is 0. The molecular weight excluding hydrogens is 494 g/mol. The molecule has 0 aliphatic rings. The molecule has 0 aliphatic carbocycles. The van der Waals surface area contributed by atoms with Gasteiger partial charge in [-0.2, -0.15) is 0 Å². The first kappa shape index (κ1) is 27.2. The monoisotopic (exact) mass is 527 g/mol. The van der Waals surface area contributed by atoms with Crippen molar-refractivity contribution in [1.82, 2.24) is 0 Å². The topological polar surface area (TPSA) is 3.24 Å². The van der Waals surface area contributed by atoms with Crippen LogP contribution in [0.15, 0.2) is 176 Å². The number of anilines is 3. The van der Waals surface area contributed by atoms with Crippen molar-refractivity contribution >= 4 is 41.4 Å². The second-order valence-electron chi connectivity index (χ2n) is 9.46. The van der Waals surface area contributed by atoms with Crippen LogP contribution < -0.4 is 4.90 Å². The van der Waals surface area contributed by atoms with Crippen molar-refractivity contribution in [3.8, 4) is 0 Å². The normalized spacial score (nSPS) is 10.7. The molecule has 0 amide bonds. The molecule has 0 saturated heterocycles. The van der Waals surface area contributed by atoms with Crippen LogP contribution in [0.1, 0.15) is 22.3 Å². The van der Waals surface area contributed by atoms with E-state index in [9.17, 15) is 0 Å². The molecular formula is C40H33N. The quantitative estimate of drug-likeness (QED) is 0.187. The molecule has 41 heavy (non-hydrogen) atoms. The number of hydrogen-bond donors (Lipinski definition) is 0. The zero-order valence-electron chi connectivity index (χ0n) is 23.0. The fraction of sp³-hybridized carbons (Fsp3) is 0. The van der Waals surface area contributed by atoms with E-state index in [-0.39, 0.29) is 0 Å². The van der Waals surface area contributed by atoms with Crippen LogP contribution in [0.4, 0.5) is 17.1 Å². The Morgan fingerprint density at radius 3 is 0.854 bits per heavy atom. The van der Waals surface area contributed by atoms with Gasteiger partial charge in [-0.25, -0.2) is 0 Å². The maximum atomic E-state index is 2.25. The van der Waals surface area contributed by atoms with Crippen LogP contribution in [-0.2, 0) is 0 Å². The van der Waals surface area contributed by atoms with Crippen molar-refractivity contribution in [2.75, 3.05) is 4.90 Å². The van der Waals surface area contributed by atoms with Crippen LogP contribution >= 0.6 is 0 Å². The average Bonchev–Trinajstić information content (AvgIpc) is 3.06. The molecule has 0 saturated carbocycles. The first-order chi connectivity index (χ1) is 20.4. The first-order valence-electron chi connectivity index (χ1n) is 13.9. The lowest BCUT2D eigenvalue weighted by Crippen LogP contribution is -2.09. The van der Waals surface area contributed by atoms with E-state index in [2.05, 4.69) is 175 Å². The zero-order chi connectivity index (χ0) is 28.0. The van der Waals surface area contributed by atoms with Gasteiger partial charge in [0.15, 0.2) is 0 Å². The van der Waals surface area contributed by atoms with Gasteiger partial charge in [0.05, 0.1) is 0 Å². The second kappa shape index (κ2) is 14.7.